The molecule has 0 spiro atoms. The first-order chi connectivity index (χ1) is 12.3. The highest BCUT2D eigenvalue weighted by Crippen LogP contribution is 2.12. The zero-order valence-corrected chi connectivity index (χ0v) is 15.6. The summed E-state index contributed by atoms with van der Waals surface area (Å²) in [6.07, 6.45) is 0.213. The third kappa shape index (κ3) is 5.93. The average Bonchev–Trinajstić information content (AvgIpc) is 2.60. The zero-order chi connectivity index (χ0) is 19.2. The molecule has 0 aliphatic heterocycles. The van der Waals surface area contributed by atoms with Crippen LogP contribution in [0.15, 0.2) is 59.5 Å². The Bertz CT molecular complexity index is 822. The summed E-state index contributed by atoms with van der Waals surface area (Å²) in [5.74, 6) is -0.683. The van der Waals surface area contributed by atoms with E-state index in [1.165, 1.54) is 12.1 Å². The Morgan fingerprint density at radius 2 is 1.65 bits per heavy atom. The van der Waals surface area contributed by atoms with Crippen LogP contribution >= 0.6 is 0 Å². The maximum Gasteiger partial charge on any atom is 0.241 e. The van der Waals surface area contributed by atoms with Crippen LogP contribution in [-0.4, -0.2) is 26.9 Å². The number of sulfonamides is 1. The Morgan fingerprint density at radius 3 is 2.23 bits per heavy atom. The Kier molecular flexibility index (Phi) is 6.88. The summed E-state index contributed by atoms with van der Waals surface area (Å²) in [6, 6.07) is 12.7. The molecule has 0 aliphatic carbocycles. The van der Waals surface area contributed by atoms with E-state index in [1.54, 1.807) is 0 Å². The van der Waals surface area contributed by atoms with Crippen LogP contribution < -0.4 is 10.0 Å². The highest BCUT2D eigenvalue weighted by molar-refractivity contribution is 7.89. The Hall–Kier alpha value is -2.25. The van der Waals surface area contributed by atoms with Crippen molar-refractivity contribution in [3.63, 3.8) is 0 Å². The summed E-state index contributed by atoms with van der Waals surface area (Å²) in [5, 5.41) is 2.76. The van der Waals surface area contributed by atoms with Gasteiger partial charge in [0.05, 0.1) is 4.90 Å². The van der Waals surface area contributed by atoms with Gasteiger partial charge in [-0.2, -0.15) is 4.72 Å². The molecule has 2 aromatic rings. The van der Waals surface area contributed by atoms with Crippen molar-refractivity contribution in [3.8, 4) is 0 Å². The monoisotopic (exact) mass is 378 g/mol. The van der Waals surface area contributed by atoms with E-state index in [0.29, 0.717) is 6.54 Å². The number of amides is 1. The molecule has 2 rings (SSSR count). The fraction of sp³-hybridized carbons (Fsp3) is 0.316. The van der Waals surface area contributed by atoms with Gasteiger partial charge < -0.3 is 5.32 Å². The SMILES string of the molecule is CC(C)CNC(=O)[C@@H](Cc1ccccc1)NS(=O)(=O)c1ccc(F)cc1. The molecule has 1 atom stereocenters. The Balaban J connectivity index is 2.21. The van der Waals surface area contributed by atoms with Crippen molar-refractivity contribution in [1.82, 2.24) is 10.0 Å². The minimum atomic E-state index is -3.96. The predicted octanol–water partition coefficient (Wildman–Crippen LogP) is 2.49. The van der Waals surface area contributed by atoms with Crippen LogP contribution in [0.25, 0.3) is 0 Å². The van der Waals surface area contributed by atoms with Gasteiger partial charge in [-0.25, -0.2) is 12.8 Å². The molecular weight excluding hydrogens is 355 g/mol. The van der Waals surface area contributed by atoms with E-state index in [0.717, 1.165) is 17.7 Å². The number of benzene rings is 2. The largest absolute Gasteiger partial charge is 0.354 e. The van der Waals surface area contributed by atoms with Crippen LogP contribution in [0.3, 0.4) is 0 Å². The average molecular weight is 378 g/mol. The second kappa shape index (κ2) is 8.91. The first-order valence-electron chi connectivity index (χ1n) is 8.37. The number of rotatable bonds is 8. The van der Waals surface area contributed by atoms with Gasteiger partial charge in [0, 0.05) is 6.54 Å². The molecule has 2 aromatic carbocycles. The molecular formula is C19H23FN2O3S. The van der Waals surface area contributed by atoms with E-state index >= 15 is 0 Å². The summed E-state index contributed by atoms with van der Waals surface area (Å²) in [6.45, 7) is 4.35. The lowest BCUT2D eigenvalue weighted by Gasteiger charge is -2.19. The minimum Gasteiger partial charge on any atom is -0.354 e. The number of nitrogens with one attached hydrogen (secondary N) is 2. The highest BCUT2D eigenvalue weighted by atomic mass is 32.2. The standard InChI is InChI=1S/C19H23FN2O3S/c1-14(2)13-21-19(23)18(12-15-6-4-3-5-7-15)22-26(24,25)17-10-8-16(20)9-11-17/h3-11,14,18,22H,12-13H2,1-2H3,(H,21,23)/t18-/m1/s1. The molecule has 0 saturated heterocycles. The van der Waals surface area contributed by atoms with Crippen LogP contribution in [0.2, 0.25) is 0 Å². The normalized spacial score (nSPS) is 12.8. The number of carbonyl (C=O) groups is 1. The lowest BCUT2D eigenvalue weighted by molar-refractivity contribution is -0.122. The smallest absolute Gasteiger partial charge is 0.241 e. The quantitative estimate of drug-likeness (QED) is 0.741. The fourth-order valence-corrected chi connectivity index (χ4v) is 3.53. The van der Waals surface area contributed by atoms with E-state index in [9.17, 15) is 17.6 Å². The van der Waals surface area contributed by atoms with Crippen molar-refractivity contribution >= 4 is 15.9 Å². The van der Waals surface area contributed by atoms with Gasteiger partial charge in [0.15, 0.2) is 0 Å². The molecule has 5 nitrogen and oxygen atoms in total. The van der Waals surface area contributed by atoms with Gasteiger partial charge in [-0.3, -0.25) is 4.79 Å². The van der Waals surface area contributed by atoms with E-state index in [-0.39, 0.29) is 17.2 Å². The van der Waals surface area contributed by atoms with Gasteiger partial charge in [0.1, 0.15) is 11.9 Å². The number of hydrogen-bond donors (Lipinski definition) is 2. The maximum atomic E-state index is 13.0. The van der Waals surface area contributed by atoms with Crippen molar-refractivity contribution in [2.75, 3.05) is 6.54 Å². The van der Waals surface area contributed by atoms with Gasteiger partial charge in [-0.05, 0) is 42.2 Å². The second-order valence-electron chi connectivity index (χ2n) is 6.46. The number of carbonyl (C=O) groups excluding carboxylic acids is 1. The molecule has 26 heavy (non-hydrogen) atoms. The third-order valence-corrected chi connectivity index (χ3v) is 5.19. The van der Waals surface area contributed by atoms with Crippen molar-refractivity contribution in [1.29, 1.82) is 0 Å². The molecule has 1 amide bonds. The van der Waals surface area contributed by atoms with Gasteiger partial charge in [-0.15, -0.1) is 0 Å². The zero-order valence-electron chi connectivity index (χ0n) is 14.8. The molecule has 0 unspecified atom stereocenters. The molecule has 140 valence electrons. The van der Waals surface area contributed by atoms with Crippen molar-refractivity contribution < 1.29 is 17.6 Å². The van der Waals surface area contributed by atoms with E-state index in [4.69, 9.17) is 0 Å². The lowest BCUT2D eigenvalue weighted by atomic mass is 10.1. The first-order valence-corrected chi connectivity index (χ1v) is 9.86. The van der Waals surface area contributed by atoms with Crippen LogP contribution in [-0.2, 0) is 21.2 Å². The summed E-state index contributed by atoms with van der Waals surface area (Å²) in [5.41, 5.74) is 0.832. The van der Waals surface area contributed by atoms with Gasteiger partial charge in [0.2, 0.25) is 15.9 Å². The topological polar surface area (TPSA) is 75.3 Å². The second-order valence-corrected chi connectivity index (χ2v) is 8.17. The summed E-state index contributed by atoms with van der Waals surface area (Å²) >= 11 is 0. The van der Waals surface area contributed by atoms with Gasteiger partial charge >= 0.3 is 0 Å². The van der Waals surface area contributed by atoms with Crippen molar-refractivity contribution in [2.24, 2.45) is 5.92 Å². The molecule has 0 aromatic heterocycles. The number of hydrogen-bond acceptors (Lipinski definition) is 3. The molecule has 0 radical (unpaired) electrons. The summed E-state index contributed by atoms with van der Waals surface area (Å²) in [4.78, 5) is 12.4. The van der Waals surface area contributed by atoms with Crippen molar-refractivity contribution in [3.05, 3.63) is 66.0 Å². The molecule has 2 N–H and O–H groups in total. The molecule has 0 fully saturated rings. The van der Waals surface area contributed by atoms with E-state index in [1.807, 2.05) is 44.2 Å². The summed E-state index contributed by atoms with van der Waals surface area (Å²) < 4.78 is 40.6. The fourth-order valence-electron chi connectivity index (χ4n) is 2.33. The molecule has 7 heteroatoms. The highest BCUT2D eigenvalue weighted by Gasteiger charge is 2.26. The number of halogens is 1. The van der Waals surface area contributed by atoms with Gasteiger partial charge in [0.25, 0.3) is 0 Å². The molecule has 0 saturated carbocycles. The van der Waals surface area contributed by atoms with E-state index in [2.05, 4.69) is 10.0 Å². The molecule has 0 aliphatic rings. The minimum absolute atomic E-state index is 0.0892. The summed E-state index contributed by atoms with van der Waals surface area (Å²) in [7, 11) is -3.96. The Labute approximate surface area is 153 Å². The van der Waals surface area contributed by atoms with Crippen LogP contribution in [0.1, 0.15) is 19.4 Å². The van der Waals surface area contributed by atoms with Crippen LogP contribution in [0.4, 0.5) is 4.39 Å². The first kappa shape index (κ1) is 20.1. The molecule has 0 bridgehead atoms. The molecule has 0 heterocycles. The maximum absolute atomic E-state index is 13.0. The van der Waals surface area contributed by atoms with Gasteiger partial charge in [-0.1, -0.05) is 44.2 Å². The van der Waals surface area contributed by atoms with E-state index < -0.39 is 27.8 Å². The van der Waals surface area contributed by atoms with Crippen molar-refractivity contribution in [2.45, 2.75) is 31.2 Å². The third-order valence-electron chi connectivity index (χ3n) is 3.71. The Morgan fingerprint density at radius 1 is 1.04 bits per heavy atom. The van der Waals surface area contributed by atoms with Crippen LogP contribution in [0.5, 0.6) is 0 Å². The lowest BCUT2D eigenvalue weighted by Crippen LogP contribution is -2.48. The predicted molar refractivity (Wildman–Crippen MR) is 98.5 cm³/mol. The van der Waals surface area contributed by atoms with Crippen LogP contribution in [0, 0.1) is 11.7 Å².